The van der Waals surface area contributed by atoms with Gasteiger partial charge in [0.15, 0.2) is 0 Å². The first-order valence-corrected chi connectivity index (χ1v) is 6.59. The zero-order valence-electron chi connectivity index (χ0n) is 8.33. The van der Waals surface area contributed by atoms with Gasteiger partial charge in [-0.25, -0.2) is 0 Å². The zero-order chi connectivity index (χ0) is 10.7. The number of benzene rings is 1. The first kappa shape index (κ1) is 10.9. The molecule has 2 rings (SSSR count). The monoisotopic (exact) mass is 330 g/mol. The molecule has 0 aliphatic carbocycles. The molecule has 1 aromatic carbocycles. The van der Waals surface area contributed by atoms with E-state index in [1.807, 2.05) is 11.7 Å². The molecule has 0 atom stereocenters. The van der Waals surface area contributed by atoms with Gasteiger partial charge in [-0.05, 0) is 53.3 Å². The average molecular weight is 330 g/mol. The number of hydrogen-bond donors (Lipinski definition) is 1. The maximum atomic E-state index is 4.05. The van der Waals surface area contributed by atoms with E-state index in [4.69, 9.17) is 0 Å². The van der Waals surface area contributed by atoms with E-state index >= 15 is 0 Å². The molecule has 1 N–H and O–H groups in total. The molecule has 0 saturated carbocycles. The minimum absolute atomic E-state index is 0.853. The predicted octanol–water partition coefficient (Wildman–Crippen LogP) is 3.67. The van der Waals surface area contributed by atoms with Gasteiger partial charge in [-0.15, -0.1) is 11.3 Å². The van der Waals surface area contributed by atoms with Crippen molar-refractivity contribution in [2.24, 2.45) is 0 Å². The molecule has 0 bridgehead atoms. The number of thiazole rings is 1. The Bertz CT molecular complexity index is 440. The maximum absolute atomic E-state index is 4.05. The Morgan fingerprint density at radius 2 is 2.33 bits per heavy atom. The number of hydrogen-bond acceptors (Lipinski definition) is 3. The molecule has 2 aromatic rings. The van der Waals surface area contributed by atoms with Gasteiger partial charge in [-0.2, -0.15) is 0 Å². The number of aryl methyl sites for hydroxylation is 1. The Balaban J connectivity index is 2.05. The van der Waals surface area contributed by atoms with Crippen LogP contribution in [0.3, 0.4) is 0 Å². The lowest BCUT2D eigenvalue weighted by atomic mass is 10.2. The van der Waals surface area contributed by atoms with Gasteiger partial charge in [0.25, 0.3) is 0 Å². The zero-order valence-corrected chi connectivity index (χ0v) is 11.3. The van der Waals surface area contributed by atoms with Crippen LogP contribution in [-0.4, -0.2) is 4.98 Å². The third kappa shape index (κ3) is 2.92. The largest absolute Gasteiger partial charge is 0.380 e. The topological polar surface area (TPSA) is 24.9 Å². The summed E-state index contributed by atoms with van der Waals surface area (Å²) in [4.78, 5) is 5.31. The van der Waals surface area contributed by atoms with Crippen molar-refractivity contribution in [3.63, 3.8) is 0 Å². The van der Waals surface area contributed by atoms with Crippen molar-refractivity contribution in [1.29, 1.82) is 0 Å². The lowest BCUT2D eigenvalue weighted by molar-refractivity contribution is 1.16. The third-order valence-electron chi connectivity index (χ3n) is 2.12. The van der Waals surface area contributed by atoms with E-state index in [1.54, 1.807) is 11.3 Å². The summed E-state index contributed by atoms with van der Waals surface area (Å²) in [6.45, 7) is 2.98. The average Bonchev–Trinajstić information content (AvgIpc) is 2.69. The summed E-state index contributed by atoms with van der Waals surface area (Å²) in [6, 6.07) is 6.41. The highest BCUT2D eigenvalue weighted by atomic mass is 127. The molecule has 1 aromatic heterocycles. The van der Waals surface area contributed by atoms with Gasteiger partial charge in [0.1, 0.15) is 0 Å². The summed E-state index contributed by atoms with van der Waals surface area (Å²) >= 11 is 4.00. The number of anilines is 1. The first-order chi connectivity index (χ1) is 7.25. The van der Waals surface area contributed by atoms with Crippen molar-refractivity contribution < 1.29 is 0 Å². The van der Waals surface area contributed by atoms with E-state index in [-0.39, 0.29) is 0 Å². The Morgan fingerprint density at radius 3 is 3.00 bits per heavy atom. The first-order valence-electron chi connectivity index (χ1n) is 4.63. The molecule has 4 heteroatoms. The van der Waals surface area contributed by atoms with Crippen LogP contribution in [-0.2, 0) is 6.54 Å². The SMILES string of the molecule is Cc1cc(I)ccc1NCc1cncs1. The molecule has 15 heavy (non-hydrogen) atoms. The molecule has 1 heterocycles. The van der Waals surface area contributed by atoms with Crippen LogP contribution in [0.1, 0.15) is 10.4 Å². The summed E-state index contributed by atoms with van der Waals surface area (Å²) in [5, 5.41) is 3.41. The van der Waals surface area contributed by atoms with E-state index in [9.17, 15) is 0 Å². The van der Waals surface area contributed by atoms with Crippen LogP contribution in [0.25, 0.3) is 0 Å². The molecule has 0 spiro atoms. The van der Waals surface area contributed by atoms with Crippen molar-refractivity contribution in [3.8, 4) is 0 Å². The van der Waals surface area contributed by atoms with Gasteiger partial charge in [0, 0.05) is 20.3 Å². The molecule has 0 radical (unpaired) electrons. The molecule has 78 valence electrons. The van der Waals surface area contributed by atoms with Crippen LogP contribution < -0.4 is 5.32 Å². The maximum Gasteiger partial charge on any atom is 0.0794 e. The fraction of sp³-hybridized carbons (Fsp3) is 0.182. The Morgan fingerprint density at radius 1 is 1.47 bits per heavy atom. The second kappa shape index (κ2) is 4.94. The van der Waals surface area contributed by atoms with Gasteiger partial charge < -0.3 is 5.32 Å². The minimum atomic E-state index is 0.853. The summed E-state index contributed by atoms with van der Waals surface area (Å²) < 4.78 is 1.27. The van der Waals surface area contributed by atoms with Gasteiger partial charge in [-0.3, -0.25) is 4.98 Å². The lowest BCUT2D eigenvalue weighted by Gasteiger charge is -2.08. The molecule has 0 saturated heterocycles. The van der Waals surface area contributed by atoms with Crippen LogP contribution >= 0.6 is 33.9 Å². The molecule has 0 unspecified atom stereocenters. The normalized spacial score (nSPS) is 10.3. The fourth-order valence-corrected chi connectivity index (χ4v) is 2.52. The fourth-order valence-electron chi connectivity index (χ4n) is 1.34. The third-order valence-corrected chi connectivity index (χ3v) is 3.58. The Labute approximate surface area is 107 Å². The second-order valence-electron chi connectivity index (χ2n) is 3.28. The Kier molecular flexibility index (Phi) is 3.58. The number of halogens is 1. The highest BCUT2D eigenvalue weighted by molar-refractivity contribution is 14.1. The molecule has 0 fully saturated rings. The van der Waals surface area contributed by atoms with Crippen molar-refractivity contribution in [2.75, 3.05) is 5.32 Å². The summed E-state index contributed by atoms with van der Waals surface area (Å²) in [6.07, 6.45) is 1.90. The van der Waals surface area contributed by atoms with Crippen molar-refractivity contribution >= 4 is 39.6 Å². The Hall–Kier alpha value is -0.620. The van der Waals surface area contributed by atoms with E-state index in [0.717, 1.165) is 6.54 Å². The summed E-state index contributed by atoms with van der Waals surface area (Å²) in [7, 11) is 0. The quantitative estimate of drug-likeness (QED) is 0.869. The number of aromatic nitrogens is 1. The van der Waals surface area contributed by atoms with Gasteiger partial charge >= 0.3 is 0 Å². The minimum Gasteiger partial charge on any atom is -0.380 e. The number of rotatable bonds is 3. The van der Waals surface area contributed by atoms with Crippen LogP contribution in [0.5, 0.6) is 0 Å². The van der Waals surface area contributed by atoms with Gasteiger partial charge in [0.05, 0.1) is 12.1 Å². The van der Waals surface area contributed by atoms with Crippen molar-refractivity contribution in [3.05, 3.63) is 43.9 Å². The molecule has 0 aliphatic heterocycles. The number of nitrogens with zero attached hydrogens (tertiary/aromatic N) is 1. The molecular formula is C11H11IN2S. The van der Waals surface area contributed by atoms with E-state index < -0.39 is 0 Å². The highest BCUT2D eigenvalue weighted by Crippen LogP contribution is 2.19. The highest BCUT2D eigenvalue weighted by Gasteiger charge is 1.99. The molecule has 2 nitrogen and oxygen atoms in total. The van der Waals surface area contributed by atoms with Gasteiger partial charge in [-0.1, -0.05) is 0 Å². The van der Waals surface area contributed by atoms with Gasteiger partial charge in [0.2, 0.25) is 0 Å². The standard InChI is InChI=1S/C11H11IN2S/c1-8-4-9(12)2-3-11(8)14-6-10-5-13-7-15-10/h2-5,7,14H,6H2,1H3. The second-order valence-corrected chi connectivity index (χ2v) is 5.50. The van der Waals surface area contributed by atoms with Crippen molar-refractivity contribution in [2.45, 2.75) is 13.5 Å². The molecule has 0 aliphatic rings. The molecular weight excluding hydrogens is 319 g/mol. The van der Waals surface area contributed by atoms with Crippen LogP contribution in [0.2, 0.25) is 0 Å². The summed E-state index contributed by atoms with van der Waals surface area (Å²) in [5.74, 6) is 0. The van der Waals surface area contributed by atoms with Crippen LogP contribution in [0, 0.1) is 10.5 Å². The number of nitrogens with one attached hydrogen (secondary N) is 1. The van der Waals surface area contributed by atoms with E-state index in [2.05, 4.69) is 58.0 Å². The van der Waals surface area contributed by atoms with Crippen LogP contribution in [0.4, 0.5) is 5.69 Å². The van der Waals surface area contributed by atoms with Crippen molar-refractivity contribution in [1.82, 2.24) is 4.98 Å². The summed E-state index contributed by atoms with van der Waals surface area (Å²) in [5.41, 5.74) is 4.34. The predicted molar refractivity (Wildman–Crippen MR) is 73.3 cm³/mol. The van der Waals surface area contributed by atoms with E-state index in [0.29, 0.717) is 0 Å². The lowest BCUT2D eigenvalue weighted by Crippen LogP contribution is -1.99. The molecule has 0 amide bonds. The van der Waals surface area contributed by atoms with Crippen LogP contribution in [0.15, 0.2) is 29.9 Å². The van der Waals surface area contributed by atoms with E-state index in [1.165, 1.54) is 19.7 Å². The smallest absolute Gasteiger partial charge is 0.0794 e.